The van der Waals surface area contributed by atoms with E-state index in [0.717, 1.165) is 6.54 Å². The van der Waals surface area contributed by atoms with Gasteiger partial charge in [0.25, 0.3) is 0 Å². The second-order valence-electron chi connectivity index (χ2n) is 4.34. The molecular formula is C13H17Cl2NO. The Balaban J connectivity index is 1.72. The van der Waals surface area contributed by atoms with E-state index in [1.165, 1.54) is 25.7 Å². The third-order valence-electron chi connectivity index (χ3n) is 3.06. The lowest BCUT2D eigenvalue weighted by atomic mass is 10.2. The molecule has 0 bridgehead atoms. The first-order chi connectivity index (χ1) is 8.27. The summed E-state index contributed by atoms with van der Waals surface area (Å²) in [7, 11) is 0. The van der Waals surface area contributed by atoms with Crippen molar-refractivity contribution in [2.45, 2.75) is 31.7 Å². The molecule has 0 aliphatic heterocycles. The molecule has 0 unspecified atom stereocenters. The topological polar surface area (TPSA) is 21.3 Å². The predicted molar refractivity (Wildman–Crippen MR) is 72.2 cm³/mol. The second kappa shape index (κ2) is 6.48. The maximum absolute atomic E-state index is 6.02. The Morgan fingerprint density at radius 3 is 2.76 bits per heavy atom. The van der Waals surface area contributed by atoms with Crippen molar-refractivity contribution >= 4 is 23.2 Å². The van der Waals surface area contributed by atoms with Crippen LogP contribution in [0.15, 0.2) is 18.2 Å². The van der Waals surface area contributed by atoms with Crippen molar-refractivity contribution < 1.29 is 4.74 Å². The van der Waals surface area contributed by atoms with Gasteiger partial charge in [0.15, 0.2) is 0 Å². The molecule has 0 aromatic heterocycles. The highest BCUT2D eigenvalue weighted by Gasteiger charge is 2.13. The van der Waals surface area contributed by atoms with Gasteiger partial charge in [0.1, 0.15) is 17.4 Å². The van der Waals surface area contributed by atoms with Gasteiger partial charge < -0.3 is 10.1 Å². The van der Waals surface area contributed by atoms with Gasteiger partial charge in [0, 0.05) is 12.6 Å². The van der Waals surface area contributed by atoms with Gasteiger partial charge in [-0.15, -0.1) is 0 Å². The summed E-state index contributed by atoms with van der Waals surface area (Å²) in [6.07, 6.45) is 5.27. The third-order valence-corrected chi connectivity index (χ3v) is 3.87. The van der Waals surface area contributed by atoms with Crippen molar-refractivity contribution in [1.29, 1.82) is 0 Å². The van der Waals surface area contributed by atoms with Crippen molar-refractivity contribution in [3.05, 3.63) is 28.2 Å². The van der Waals surface area contributed by atoms with Gasteiger partial charge in [-0.3, -0.25) is 0 Å². The fraction of sp³-hybridized carbons (Fsp3) is 0.538. The van der Waals surface area contributed by atoms with E-state index in [1.807, 2.05) is 12.1 Å². The Hall–Kier alpha value is -0.440. The molecule has 1 aromatic rings. The summed E-state index contributed by atoms with van der Waals surface area (Å²) in [4.78, 5) is 0. The molecular weight excluding hydrogens is 257 g/mol. The molecule has 0 saturated heterocycles. The molecule has 0 heterocycles. The van der Waals surface area contributed by atoms with Crippen molar-refractivity contribution in [2.24, 2.45) is 0 Å². The largest absolute Gasteiger partial charge is 0.491 e. The molecule has 0 amide bonds. The molecule has 1 aliphatic rings. The SMILES string of the molecule is Clc1cccc(OCCNC2CCCC2)c1Cl. The fourth-order valence-electron chi connectivity index (χ4n) is 2.15. The van der Waals surface area contributed by atoms with Crippen LogP contribution >= 0.6 is 23.2 Å². The Morgan fingerprint density at radius 1 is 1.24 bits per heavy atom. The molecule has 0 atom stereocenters. The first-order valence-corrected chi connectivity index (χ1v) is 6.83. The monoisotopic (exact) mass is 273 g/mol. The summed E-state index contributed by atoms with van der Waals surface area (Å²) in [5.41, 5.74) is 0. The normalized spacial score (nSPS) is 16.4. The van der Waals surface area contributed by atoms with E-state index in [9.17, 15) is 0 Å². The minimum absolute atomic E-state index is 0.495. The maximum Gasteiger partial charge on any atom is 0.139 e. The molecule has 4 heteroatoms. The van der Waals surface area contributed by atoms with Crippen LogP contribution in [0.25, 0.3) is 0 Å². The van der Waals surface area contributed by atoms with Gasteiger partial charge in [0.2, 0.25) is 0 Å². The van der Waals surface area contributed by atoms with E-state index < -0.39 is 0 Å². The number of ether oxygens (including phenoxy) is 1. The van der Waals surface area contributed by atoms with Crippen LogP contribution in [0.2, 0.25) is 10.0 Å². The first kappa shape index (κ1) is 13.0. The van der Waals surface area contributed by atoms with Crippen LogP contribution in [-0.2, 0) is 0 Å². The summed E-state index contributed by atoms with van der Waals surface area (Å²) in [5, 5.41) is 4.52. The predicted octanol–water partition coefficient (Wildman–Crippen LogP) is 3.90. The molecule has 17 heavy (non-hydrogen) atoms. The minimum Gasteiger partial charge on any atom is -0.491 e. The van der Waals surface area contributed by atoms with E-state index in [0.29, 0.717) is 28.4 Å². The highest BCUT2D eigenvalue weighted by molar-refractivity contribution is 6.42. The van der Waals surface area contributed by atoms with Crippen LogP contribution in [0.5, 0.6) is 5.75 Å². The van der Waals surface area contributed by atoms with Crippen molar-refractivity contribution in [2.75, 3.05) is 13.2 Å². The average molecular weight is 274 g/mol. The quantitative estimate of drug-likeness (QED) is 0.822. The number of hydrogen-bond acceptors (Lipinski definition) is 2. The minimum atomic E-state index is 0.495. The number of hydrogen-bond donors (Lipinski definition) is 1. The molecule has 1 saturated carbocycles. The molecule has 2 rings (SSSR count). The van der Waals surface area contributed by atoms with Gasteiger partial charge in [-0.25, -0.2) is 0 Å². The zero-order chi connectivity index (χ0) is 12.1. The number of nitrogens with one attached hydrogen (secondary N) is 1. The number of benzene rings is 1. The zero-order valence-corrected chi connectivity index (χ0v) is 11.2. The third kappa shape index (κ3) is 3.77. The van der Waals surface area contributed by atoms with Gasteiger partial charge in [-0.05, 0) is 25.0 Å². The van der Waals surface area contributed by atoms with Crippen molar-refractivity contribution in [1.82, 2.24) is 5.32 Å². The smallest absolute Gasteiger partial charge is 0.139 e. The lowest BCUT2D eigenvalue weighted by Crippen LogP contribution is -2.30. The average Bonchev–Trinajstić information content (AvgIpc) is 2.83. The van der Waals surface area contributed by atoms with Crippen molar-refractivity contribution in [3.63, 3.8) is 0 Å². The first-order valence-electron chi connectivity index (χ1n) is 6.07. The maximum atomic E-state index is 6.02. The van der Waals surface area contributed by atoms with E-state index in [1.54, 1.807) is 6.07 Å². The van der Waals surface area contributed by atoms with E-state index in [4.69, 9.17) is 27.9 Å². The molecule has 1 N–H and O–H groups in total. The number of rotatable bonds is 5. The van der Waals surface area contributed by atoms with Gasteiger partial charge >= 0.3 is 0 Å². The van der Waals surface area contributed by atoms with E-state index in [-0.39, 0.29) is 0 Å². The van der Waals surface area contributed by atoms with Gasteiger partial charge in [-0.1, -0.05) is 42.1 Å². The lowest BCUT2D eigenvalue weighted by Gasteiger charge is -2.13. The summed E-state index contributed by atoms with van der Waals surface area (Å²) >= 11 is 11.9. The molecule has 1 aromatic carbocycles. The van der Waals surface area contributed by atoms with Crippen LogP contribution in [0.3, 0.4) is 0 Å². The Morgan fingerprint density at radius 2 is 2.00 bits per heavy atom. The molecule has 1 fully saturated rings. The van der Waals surface area contributed by atoms with E-state index in [2.05, 4.69) is 5.32 Å². The summed E-state index contributed by atoms with van der Waals surface area (Å²) in [5.74, 6) is 0.660. The zero-order valence-electron chi connectivity index (χ0n) is 9.72. The van der Waals surface area contributed by atoms with Crippen LogP contribution in [0, 0.1) is 0 Å². The van der Waals surface area contributed by atoms with Crippen LogP contribution in [0.4, 0.5) is 0 Å². The van der Waals surface area contributed by atoms with Gasteiger partial charge in [0.05, 0.1) is 5.02 Å². The van der Waals surface area contributed by atoms with E-state index >= 15 is 0 Å². The summed E-state index contributed by atoms with van der Waals surface area (Å²) < 4.78 is 5.60. The fourth-order valence-corrected chi connectivity index (χ4v) is 2.50. The highest BCUT2D eigenvalue weighted by atomic mass is 35.5. The molecule has 1 aliphatic carbocycles. The summed E-state index contributed by atoms with van der Waals surface area (Å²) in [6, 6.07) is 6.11. The van der Waals surface area contributed by atoms with Crippen LogP contribution < -0.4 is 10.1 Å². The lowest BCUT2D eigenvalue weighted by molar-refractivity contribution is 0.305. The number of halogens is 2. The van der Waals surface area contributed by atoms with Crippen LogP contribution in [-0.4, -0.2) is 19.2 Å². The highest BCUT2D eigenvalue weighted by Crippen LogP contribution is 2.31. The Bertz CT molecular complexity index is 364. The second-order valence-corrected chi connectivity index (χ2v) is 5.12. The van der Waals surface area contributed by atoms with Gasteiger partial charge in [-0.2, -0.15) is 0 Å². The molecule has 94 valence electrons. The Labute approximate surface area is 112 Å². The molecule has 2 nitrogen and oxygen atoms in total. The summed E-state index contributed by atoms with van der Waals surface area (Å²) in [6.45, 7) is 1.48. The van der Waals surface area contributed by atoms with Crippen LogP contribution in [0.1, 0.15) is 25.7 Å². The molecule has 0 spiro atoms. The Kier molecular flexibility index (Phi) is 4.96. The van der Waals surface area contributed by atoms with Crippen molar-refractivity contribution in [3.8, 4) is 5.75 Å². The standard InChI is InChI=1S/C13H17Cl2NO/c14-11-6-3-7-12(13(11)15)17-9-8-16-10-4-1-2-5-10/h3,6-7,10,16H,1-2,4-5,8-9H2. The molecule has 0 radical (unpaired) electrons.